The molecule has 0 bridgehead atoms. The molecule has 5 heteroatoms. The molecule has 1 unspecified atom stereocenters. The number of esters is 1. The molecular formula is C26H24ClNO3. The Labute approximate surface area is 187 Å². The van der Waals surface area contributed by atoms with E-state index in [9.17, 15) is 4.79 Å². The molecule has 2 heterocycles. The standard InChI is InChI=1S/C26H24ClNO3/c1-25(2,3)19-14-23-20(13-21(19)27)26(17-9-7-6-8-16(17)24(29)31-26)18-11-10-15(28(4)5)12-22(18)30-23/h6-14H,1-5H3. The van der Waals surface area contributed by atoms with Gasteiger partial charge in [0.15, 0.2) is 5.60 Å². The van der Waals surface area contributed by atoms with Gasteiger partial charge in [0.1, 0.15) is 11.5 Å². The Morgan fingerprint density at radius 2 is 1.61 bits per heavy atom. The number of halogens is 1. The quantitative estimate of drug-likeness (QED) is 0.424. The third-order valence-corrected chi connectivity index (χ3v) is 6.42. The molecule has 3 aromatic carbocycles. The summed E-state index contributed by atoms with van der Waals surface area (Å²) in [6.07, 6.45) is 0. The summed E-state index contributed by atoms with van der Waals surface area (Å²) >= 11 is 6.76. The van der Waals surface area contributed by atoms with Gasteiger partial charge in [-0.25, -0.2) is 4.79 Å². The predicted molar refractivity (Wildman–Crippen MR) is 123 cm³/mol. The topological polar surface area (TPSA) is 38.8 Å². The largest absolute Gasteiger partial charge is 0.456 e. The first kappa shape index (κ1) is 20.0. The summed E-state index contributed by atoms with van der Waals surface area (Å²) in [5.74, 6) is 0.981. The fraction of sp³-hybridized carbons (Fsp3) is 0.269. The highest BCUT2D eigenvalue weighted by molar-refractivity contribution is 6.31. The number of carbonyl (C=O) groups excluding carboxylic acids is 1. The molecule has 0 amide bonds. The predicted octanol–water partition coefficient (Wildman–Crippen LogP) is 6.27. The highest BCUT2D eigenvalue weighted by atomic mass is 35.5. The average Bonchev–Trinajstić information content (AvgIpc) is 3.01. The van der Waals surface area contributed by atoms with Crippen LogP contribution in [0.5, 0.6) is 11.5 Å². The maximum atomic E-state index is 12.9. The number of hydrogen-bond acceptors (Lipinski definition) is 4. The summed E-state index contributed by atoms with van der Waals surface area (Å²) in [5, 5.41) is 0.628. The molecule has 31 heavy (non-hydrogen) atoms. The number of anilines is 1. The van der Waals surface area contributed by atoms with Gasteiger partial charge in [-0.2, -0.15) is 0 Å². The van der Waals surface area contributed by atoms with Gasteiger partial charge >= 0.3 is 5.97 Å². The van der Waals surface area contributed by atoms with Crippen molar-refractivity contribution in [2.45, 2.75) is 31.8 Å². The van der Waals surface area contributed by atoms with Gasteiger partial charge in [-0.15, -0.1) is 0 Å². The Balaban J connectivity index is 1.86. The van der Waals surface area contributed by atoms with Crippen LogP contribution in [0.2, 0.25) is 5.02 Å². The number of hydrogen-bond donors (Lipinski definition) is 0. The first-order chi connectivity index (χ1) is 14.6. The third kappa shape index (κ3) is 2.78. The van der Waals surface area contributed by atoms with Gasteiger partial charge in [-0.1, -0.05) is 50.6 Å². The van der Waals surface area contributed by atoms with Crippen molar-refractivity contribution in [3.8, 4) is 11.5 Å². The van der Waals surface area contributed by atoms with E-state index >= 15 is 0 Å². The summed E-state index contributed by atoms with van der Waals surface area (Å²) in [7, 11) is 3.97. The van der Waals surface area contributed by atoms with Crippen molar-refractivity contribution < 1.29 is 14.3 Å². The minimum atomic E-state index is -1.10. The van der Waals surface area contributed by atoms with Crippen LogP contribution < -0.4 is 9.64 Å². The van der Waals surface area contributed by atoms with Crippen LogP contribution in [0, 0.1) is 0 Å². The van der Waals surface area contributed by atoms with Crippen molar-refractivity contribution in [1.82, 2.24) is 0 Å². The van der Waals surface area contributed by atoms with Gasteiger partial charge < -0.3 is 14.4 Å². The fourth-order valence-corrected chi connectivity index (χ4v) is 4.98. The van der Waals surface area contributed by atoms with Crippen LogP contribution in [0.25, 0.3) is 0 Å². The zero-order valence-corrected chi connectivity index (χ0v) is 19.0. The molecule has 0 saturated carbocycles. The molecule has 4 nitrogen and oxygen atoms in total. The summed E-state index contributed by atoms with van der Waals surface area (Å²) in [5.41, 5.74) is 3.63. The number of rotatable bonds is 1. The highest BCUT2D eigenvalue weighted by Gasteiger charge is 2.53. The van der Waals surface area contributed by atoms with E-state index in [0.717, 1.165) is 27.9 Å². The first-order valence-corrected chi connectivity index (χ1v) is 10.7. The Kier molecular flexibility index (Phi) is 4.19. The lowest BCUT2D eigenvalue weighted by molar-refractivity contribution is 0.0224. The van der Waals surface area contributed by atoms with E-state index in [4.69, 9.17) is 21.1 Å². The van der Waals surface area contributed by atoms with Crippen molar-refractivity contribution in [3.63, 3.8) is 0 Å². The highest BCUT2D eigenvalue weighted by Crippen LogP contribution is 2.57. The molecule has 158 valence electrons. The molecule has 2 aliphatic rings. The Hall–Kier alpha value is -2.98. The van der Waals surface area contributed by atoms with E-state index in [1.807, 2.05) is 67.5 Å². The number of ether oxygens (including phenoxy) is 2. The second-order valence-corrected chi connectivity index (χ2v) is 9.78. The minimum Gasteiger partial charge on any atom is -0.456 e. The van der Waals surface area contributed by atoms with Gasteiger partial charge in [0.2, 0.25) is 0 Å². The first-order valence-electron chi connectivity index (χ1n) is 10.3. The molecule has 0 saturated heterocycles. The van der Waals surface area contributed by atoms with Crippen LogP contribution in [-0.2, 0) is 15.8 Å². The van der Waals surface area contributed by atoms with Gasteiger partial charge in [0.25, 0.3) is 0 Å². The Morgan fingerprint density at radius 3 is 2.32 bits per heavy atom. The lowest BCUT2D eigenvalue weighted by Gasteiger charge is -2.38. The van der Waals surface area contributed by atoms with E-state index in [-0.39, 0.29) is 11.4 Å². The molecule has 1 spiro atoms. The molecule has 0 N–H and O–H groups in total. The SMILES string of the molecule is CN(C)c1ccc2c(c1)Oc1cc(C(C)(C)C)c(Cl)cc1C21OC(=O)c2ccccc21. The molecular weight excluding hydrogens is 410 g/mol. The van der Waals surface area contributed by atoms with Crippen molar-refractivity contribution in [1.29, 1.82) is 0 Å². The molecule has 1 atom stereocenters. The smallest absolute Gasteiger partial charge is 0.340 e. The zero-order valence-electron chi connectivity index (χ0n) is 18.2. The molecule has 2 aliphatic heterocycles. The Morgan fingerprint density at radius 1 is 0.903 bits per heavy atom. The maximum Gasteiger partial charge on any atom is 0.340 e. The van der Waals surface area contributed by atoms with Crippen LogP contribution in [0.4, 0.5) is 5.69 Å². The van der Waals surface area contributed by atoms with Crippen molar-refractivity contribution >= 4 is 23.3 Å². The average molecular weight is 434 g/mol. The van der Waals surface area contributed by atoms with Gasteiger partial charge in [0.05, 0.1) is 5.56 Å². The van der Waals surface area contributed by atoms with E-state index in [0.29, 0.717) is 22.1 Å². The minimum absolute atomic E-state index is 0.168. The summed E-state index contributed by atoms with van der Waals surface area (Å²) in [6, 6.07) is 17.4. The van der Waals surface area contributed by atoms with Crippen LogP contribution in [0.15, 0.2) is 54.6 Å². The summed E-state index contributed by atoms with van der Waals surface area (Å²) < 4.78 is 12.6. The van der Waals surface area contributed by atoms with E-state index < -0.39 is 5.60 Å². The summed E-state index contributed by atoms with van der Waals surface area (Å²) in [6.45, 7) is 6.34. The van der Waals surface area contributed by atoms with E-state index in [2.05, 4.69) is 20.8 Å². The van der Waals surface area contributed by atoms with Crippen LogP contribution in [0.3, 0.4) is 0 Å². The lowest BCUT2D eigenvalue weighted by Crippen LogP contribution is -2.33. The van der Waals surface area contributed by atoms with Crippen LogP contribution >= 0.6 is 11.6 Å². The molecule has 0 aliphatic carbocycles. The third-order valence-electron chi connectivity index (χ3n) is 6.11. The lowest BCUT2D eigenvalue weighted by atomic mass is 9.76. The fourth-order valence-electron chi connectivity index (χ4n) is 4.53. The second kappa shape index (κ2) is 6.51. The molecule has 5 rings (SSSR count). The van der Waals surface area contributed by atoms with Gasteiger partial charge in [-0.3, -0.25) is 0 Å². The molecule has 0 radical (unpaired) electrons. The Bertz CT molecular complexity index is 1240. The molecule has 0 aromatic heterocycles. The number of nitrogens with zero attached hydrogens (tertiary/aromatic N) is 1. The van der Waals surface area contributed by atoms with E-state index in [1.165, 1.54) is 0 Å². The van der Waals surface area contributed by atoms with Crippen molar-refractivity contribution in [3.05, 3.63) is 87.4 Å². The van der Waals surface area contributed by atoms with Crippen LogP contribution in [0.1, 0.15) is 53.4 Å². The molecule has 3 aromatic rings. The molecule has 0 fully saturated rings. The summed E-state index contributed by atoms with van der Waals surface area (Å²) in [4.78, 5) is 15.0. The van der Waals surface area contributed by atoms with Gasteiger partial charge in [0, 0.05) is 47.6 Å². The number of benzene rings is 3. The van der Waals surface area contributed by atoms with E-state index in [1.54, 1.807) is 6.07 Å². The monoisotopic (exact) mass is 433 g/mol. The second-order valence-electron chi connectivity index (χ2n) is 9.37. The van der Waals surface area contributed by atoms with Crippen LogP contribution in [-0.4, -0.2) is 20.1 Å². The van der Waals surface area contributed by atoms with Crippen molar-refractivity contribution in [2.75, 3.05) is 19.0 Å². The number of carbonyl (C=O) groups is 1. The zero-order chi connectivity index (χ0) is 22.1. The van der Waals surface area contributed by atoms with Gasteiger partial charge in [-0.05, 0) is 41.3 Å². The maximum absolute atomic E-state index is 12.9. The van der Waals surface area contributed by atoms with Crippen molar-refractivity contribution in [2.24, 2.45) is 0 Å². The normalized spacial score (nSPS) is 18.7. The number of fused-ring (bicyclic) bond motifs is 6.